The van der Waals surface area contributed by atoms with Crippen LogP contribution in [-0.4, -0.2) is 55.1 Å². The number of carbonyl (C=O) groups excluding carboxylic acids is 2. The Morgan fingerprint density at radius 2 is 1.74 bits per heavy atom. The minimum Gasteiger partial charge on any atom is -0.379 e. The average Bonchev–Trinajstić information content (AvgIpc) is 2.76. The molecule has 0 bridgehead atoms. The van der Waals surface area contributed by atoms with Gasteiger partial charge in [-0.15, -0.1) is 0 Å². The van der Waals surface area contributed by atoms with E-state index in [4.69, 9.17) is 4.74 Å². The van der Waals surface area contributed by atoms with E-state index in [1.165, 1.54) is 12.1 Å². The number of hydrogen-bond donors (Lipinski definition) is 2. The summed E-state index contributed by atoms with van der Waals surface area (Å²) in [4.78, 5) is 28.7. The van der Waals surface area contributed by atoms with Gasteiger partial charge in [0.15, 0.2) is 0 Å². The molecule has 1 spiro atoms. The van der Waals surface area contributed by atoms with Gasteiger partial charge in [-0.25, -0.2) is 8.78 Å². The second-order valence-electron chi connectivity index (χ2n) is 10.4. The Hall–Kier alpha value is -2.06. The van der Waals surface area contributed by atoms with Gasteiger partial charge < -0.3 is 15.4 Å². The van der Waals surface area contributed by atoms with Crippen molar-refractivity contribution >= 4 is 11.8 Å². The van der Waals surface area contributed by atoms with Gasteiger partial charge >= 0.3 is 0 Å². The Morgan fingerprint density at radius 3 is 2.38 bits per heavy atom. The molecule has 0 radical (unpaired) electrons. The highest BCUT2D eigenvalue weighted by Crippen LogP contribution is 2.38. The monoisotopic (exact) mass is 479 g/mol. The Bertz CT molecular complexity index is 820. The maximum Gasteiger partial charge on any atom is 0.242 e. The number of benzene rings is 1. The number of nitrogens with one attached hydrogen (secondary N) is 2. The molecule has 8 heteroatoms. The predicted octanol–water partition coefficient (Wildman–Crippen LogP) is 3.78. The van der Waals surface area contributed by atoms with Gasteiger partial charge in [0.1, 0.15) is 17.7 Å². The molecule has 1 aromatic carbocycles. The number of amides is 2. The van der Waals surface area contributed by atoms with E-state index in [2.05, 4.69) is 15.5 Å². The highest BCUT2D eigenvalue weighted by Gasteiger charge is 2.42. The lowest BCUT2D eigenvalue weighted by molar-refractivity contribution is -0.138. The molecule has 2 fully saturated rings. The zero-order chi connectivity index (χ0) is 24.7. The van der Waals surface area contributed by atoms with Crippen molar-refractivity contribution in [1.29, 1.82) is 0 Å². The summed E-state index contributed by atoms with van der Waals surface area (Å²) in [5.74, 6) is -1.13. The molecule has 2 N–H and O–H groups in total. The summed E-state index contributed by atoms with van der Waals surface area (Å²) in [6, 6.07) is 2.88. The second-order valence-corrected chi connectivity index (χ2v) is 10.4. The molecule has 0 unspecified atom stereocenters. The quantitative estimate of drug-likeness (QED) is 0.690. The lowest BCUT2D eigenvalue weighted by Gasteiger charge is -2.41. The van der Waals surface area contributed by atoms with Crippen molar-refractivity contribution in [2.45, 2.75) is 77.9 Å². The molecule has 1 aromatic rings. The third kappa shape index (κ3) is 7.47. The summed E-state index contributed by atoms with van der Waals surface area (Å²) in [5.41, 5.74) is 0.0339. The molecule has 0 saturated carbocycles. The largest absolute Gasteiger partial charge is 0.379 e. The lowest BCUT2D eigenvalue weighted by Crippen LogP contribution is -2.55. The van der Waals surface area contributed by atoms with Crippen molar-refractivity contribution < 1.29 is 23.1 Å². The van der Waals surface area contributed by atoms with E-state index in [1.807, 2.05) is 20.8 Å². The van der Waals surface area contributed by atoms with Crippen LogP contribution in [0.25, 0.3) is 0 Å². The number of halogens is 2. The van der Waals surface area contributed by atoms with Crippen LogP contribution in [0.2, 0.25) is 0 Å². The number of carbonyl (C=O) groups is 2. The summed E-state index contributed by atoms with van der Waals surface area (Å²) < 4.78 is 32.9. The molecule has 190 valence electrons. The molecule has 2 amide bonds. The SMILES string of the molecule is CC(C)C[C@@H]1NC(=O)C2(CCCCOC[C@@H](C)NC1=O)CCN(Cc1cc(F)cc(F)c1)CC2. The summed E-state index contributed by atoms with van der Waals surface area (Å²) in [5, 5.41) is 6.07. The summed E-state index contributed by atoms with van der Waals surface area (Å²) in [6.07, 6.45) is 4.31. The Balaban J connectivity index is 1.72. The third-order valence-electron chi connectivity index (χ3n) is 6.90. The van der Waals surface area contributed by atoms with Crippen LogP contribution in [0.1, 0.15) is 64.9 Å². The first kappa shape index (κ1) is 26.5. The first-order valence-electron chi connectivity index (χ1n) is 12.5. The molecule has 2 atom stereocenters. The van der Waals surface area contributed by atoms with Crippen LogP contribution in [0.15, 0.2) is 18.2 Å². The van der Waals surface area contributed by atoms with Crippen molar-refractivity contribution in [3.8, 4) is 0 Å². The number of ether oxygens (including phenoxy) is 1. The Kier molecular flexibility index (Phi) is 9.42. The minimum atomic E-state index is -0.583. The average molecular weight is 480 g/mol. The molecule has 0 aromatic heterocycles. The van der Waals surface area contributed by atoms with E-state index in [0.29, 0.717) is 57.7 Å². The molecule has 2 aliphatic rings. The maximum absolute atomic E-state index is 13.6. The number of rotatable bonds is 4. The van der Waals surface area contributed by atoms with Gasteiger partial charge in [0.05, 0.1) is 12.0 Å². The van der Waals surface area contributed by atoms with Crippen LogP contribution in [0.4, 0.5) is 8.78 Å². The smallest absolute Gasteiger partial charge is 0.242 e. The number of hydrogen-bond acceptors (Lipinski definition) is 4. The molecule has 3 rings (SSSR count). The normalized spacial score (nSPS) is 25.2. The molecule has 2 heterocycles. The van der Waals surface area contributed by atoms with Gasteiger partial charge in [-0.3, -0.25) is 14.5 Å². The van der Waals surface area contributed by atoms with Crippen LogP contribution in [-0.2, 0) is 20.9 Å². The lowest BCUT2D eigenvalue weighted by atomic mass is 9.73. The van der Waals surface area contributed by atoms with E-state index in [-0.39, 0.29) is 23.8 Å². The minimum absolute atomic E-state index is 0.0578. The van der Waals surface area contributed by atoms with Gasteiger partial charge in [-0.1, -0.05) is 20.3 Å². The van der Waals surface area contributed by atoms with Crippen molar-refractivity contribution in [2.24, 2.45) is 11.3 Å². The second kappa shape index (κ2) is 12.1. The third-order valence-corrected chi connectivity index (χ3v) is 6.90. The molecular weight excluding hydrogens is 440 g/mol. The highest BCUT2D eigenvalue weighted by atomic mass is 19.1. The summed E-state index contributed by atoms with van der Waals surface area (Å²) in [7, 11) is 0. The van der Waals surface area contributed by atoms with Crippen molar-refractivity contribution in [2.75, 3.05) is 26.3 Å². The Labute approximate surface area is 201 Å². The fourth-order valence-corrected chi connectivity index (χ4v) is 5.02. The standard InChI is InChI=1S/C26H39F2N3O3/c1-18(2)12-23-24(32)29-19(3)17-34-11-5-4-6-26(25(33)30-23)7-9-31(10-8-26)16-20-13-21(27)15-22(28)14-20/h13-15,18-19,23H,4-12,16-17H2,1-3H3,(H,29,32)(H,30,33)/t19-,23+/m1/s1. The van der Waals surface area contributed by atoms with Gasteiger partial charge in [-0.2, -0.15) is 0 Å². The van der Waals surface area contributed by atoms with Crippen molar-refractivity contribution in [3.05, 3.63) is 35.4 Å². The van der Waals surface area contributed by atoms with Crippen LogP contribution in [0.5, 0.6) is 0 Å². The van der Waals surface area contributed by atoms with Crippen LogP contribution in [0, 0.1) is 23.0 Å². The van der Waals surface area contributed by atoms with Crippen LogP contribution < -0.4 is 10.6 Å². The molecule has 2 saturated heterocycles. The maximum atomic E-state index is 13.6. The molecule has 0 aliphatic carbocycles. The highest BCUT2D eigenvalue weighted by molar-refractivity contribution is 5.90. The van der Waals surface area contributed by atoms with Gasteiger partial charge in [0.25, 0.3) is 0 Å². The summed E-state index contributed by atoms with van der Waals surface area (Å²) in [6.45, 7) is 8.79. The van der Waals surface area contributed by atoms with Gasteiger partial charge in [0.2, 0.25) is 11.8 Å². The van der Waals surface area contributed by atoms with E-state index < -0.39 is 23.1 Å². The van der Waals surface area contributed by atoms with E-state index in [9.17, 15) is 18.4 Å². The molecule has 6 nitrogen and oxygen atoms in total. The first-order valence-corrected chi connectivity index (χ1v) is 12.5. The van der Waals surface area contributed by atoms with Crippen LogP contribution in [0.3, 0.4) is 0 Å². The summed E-state index contributed by atoms with van der Waals surface area (Å²) >= 11 is 0. The van der Waals surface area contributed by atoms with E-state index in [0.717, 1.165) is 25.3 Å². The molecule has 34 heavy (non-hydrogen) atoms. The topological polar surface area (TPSA) is 70.7 Å². The van der Waals surface area contributed by atoms with Crippen molar-refractivity contribution in [1.82, 2.24) is 15.5 Å². The fraction of sp³-hybridized carbons (Fsp3) is 0.692. The molecular formula is C26H39F2N3O3. The van der Waals surface area contributed by atoms with E-state index >= 15 is 0 Å². The first-order chi connectivity index (χ1) is 16.2. The number of piperidine rings is 1. The van der Waals surface area contributed by atoms with Crippen molar-refractivity contribution in [3.63, 3.8) is 0 Å². The van der Waals surface area contributed by atoms with Gasteiger partial charge in [0, 0.05) is 25.3 Å². The van der Waals surface area contributed by atoms with Crippen LogP contribution >= 0.6 is 0 Å². The number of likely N-dealkylation sites (tertiary alicyclic amines) is 1. The predicted molar refractivity (Wildman–Crippen MR) is 127 cm³/mol. The zero-order valence-electron chi connectivity index (χ0n) is 20.7. The number of nitrogens with zero attached hydrogens (tertiary/aromatic N) is 1. The fourth-order valence-electron chi connectivity index (χ4n) is 5.02. The van der Waals surface area contributed by atoms with Gasteiger partial charge in [-0.05, 0) is 75.7 Å². The van der Waals surface area contributed by atoms with E-state index in [1.54, 1.807) is 0 Å². The Morgan fingerprint density at radius 1 is 1.06 bits per heavy atom. The zero-order valence-corrected chi connectivity index (χ0v) is 20.7. The molecule has 2 aliphatic heterocycles.